The van der Waals surface area contributed by atoms with Crippen LogP contribution in [0.1, 0.15) is 32.1 Å². The van der Waals surface area contributed by atoms with E-state index < -0.39 is 0 Å². The van der Waals surface area contributed by atoms with Crippen molar-refractivity contribution in [1.29, 1.82) is 0 Å². The highest BCUT2D eigenvalue weighted by Crippen LogP contribution is 2.02. The third kappa shape index (κ3) is 28.0. The minimum absolute atomic E-state index is 0.257. The van der Waals surface area contributed by atoms with Gasteiger partial charge < -0.3 is 37.9 Å². The fourth-order valence-electron chi connectivity index (χ4n) is 2.33. The van der Waals surface area contributed by atoms with Crippen LogP contribution in [0.5, 0.6) is 0 Å². The second kappa shape index (κ2) is 29.0. The smallest absolute Gasteiger partial charge is 0.307 e. The Bertz CT molecular complexity index is 375. The molecule has 0 aromatic rings. The molecule has 0 atom stereocenters. The van der Waals surface area contributed by atoms with Gasteiger partial charge in [-0.05, 0) is 17.3 Å². The van der Waals surface area contributed by atoms with Crippen LogP contribution < -0.4 is 0 Å². The Kier molecular flexibility index (Phi) is 28.9. The van der Waals surface area contributed by atoms with Gasteiger partial charge in [-0.25, -0.2) is 0 Å². The van der Waals surface area contributed by atoms with Crippen molar-refractivity contribution in [3.63, 3.8) is 0 Å². The highest BCUT2D eigenvalue weighted by Gasteiger charge is 1.99. The molecule has 0 spiro atoms. The van der Waals surface area contributed by atoms with E-state index >= 15 is 0 Å². The summed E-state index contributed by atoms with van der Waals surface area (Å²) in [5.74, 6) is -0.276. The zero-order chi connectivity index (χ0) is 23.4. The number of carbonyl (C=O) groups excluding carboxylic acids is 1. The third-order valence-corrected chi connectivity index (χ3v) is 4.85. The van der Waals surface area contributed by atoms with Crippen molar-refractivity contribution >= 4 is 28.6 Å². The molecule has 0 aromatic heterocycles. The van der Waals surface area contributed by atoms with Crippen LogP contribution in [-0.2, 0) is 42.7 Å². The largest absolute Gasteiger partial charge is 0.469 e. The monoisotopic (exact) mass is 578 g/mol. The van der Waals surface area contributed by atoms with Crippen LogP contribution in [0.4, 0.5) is 0 Å². The van der Waals surface area contributed by atoms with Gasteiger partial charge in [0, 0.05) is 6.61 Å². The van der Waals surface area contributed by atoms with Crippen LogP contribution in [0.2, 0.25) is 0 Å². The summed E-state index contributed by atoms with van der Waals surface area (Å²) in [6.07, 6.45) is 5.24. The summed E-state index contributed by atoms with van der Waals surface area (Å²) >= 11 is 2.42. The number of hydrogen-bond acceptors (Lipinski definition) is 9. The summed E-state index contributed by atoms with van der Waals surface area (Å²) in [5, 5.41) is 0. The first-order valence-electron chi connectivity index (χ1n) is 11.5. The lowest BCUT2D eigenvalue weighted by molar-refractivity contribution is -0.141. The Labute approximate surface area is 207 Å². The van der Waals surface area contributed by atoms with Crippen molar-refractivity contribution in [2.45, 2.75) is 32.1 Å². The predicted octanol–water partition coefficient (Wildman–Crippen LogP) is 2.66. The normalized spacial score (nSPS) is 11.2. The Morgan fingerprint density at radius 2 is 0.844 bits per heavy atom. The van der Waals surface area contributed by atoms with E-state index in [1.54, 1.807) is 0 Å². The van der Waals surface area contributed by atoms with Gasteiger partial charge in [0.05, 0.1) is 99.4 Å². The van der Waals surface area contributed by atoms with E-state index in [-0.39, 0.29) is 12.4 Å². The van der Waals surface area contributed by atoms with Crippen LogP contribution >= 0.6 is 22.6 Å². The van der Waals surface area contributed by atoms with Crippen LogP contribution in [0.15, 0.2) is 0 Å². The van der Waals surface area contributed by atoms with Gasteiger partial charge in [0.25, 0.3) is 0 Å². The number of carbonyl (C=O) groups is 1. The van der Waals surface area contributed by atoms with E-state index in [0.29, 0.717) is 85.9 Å². The second-order valence-corrected chi connectivity index (χ2v) is 7.79. The molecule has 192 valence electrons. The molecule has 0 saturated heterocycles. The molecule has 0 fully saturated rings. The first kappa shape index (κ1) is 31.9. The molecule has 9 nitrogen and oxygen atoms in total. The molecular formula is C22H43IO9. The number of ether oxygens (including phenoxy) is 8. The number of halogens is 1. The lowest BCUT2D eigenvalue weighted by atomic mass is 10.2. The fraction of sp³-hybridized carbons (Fsp3) is 0.955. The van der Waals surface area contributed by atoms with Crippen LogP contribution in [0, 0.1) is 0 Å². The van der Waals surface area contributed by atoms with Crippen molar-refractivity contribution in [3.05, 3.63) is 0 Å². The van der Waals surface area contributed by atoms with Gasteiger partial charge in [-0.1, -0.05) is 35.4 Å². The minimum Gasteiger partial charge on any atom is -0.469 e. The molecule has 0 aromatic carbocycles. The summed E-state index contributed by atoms with van der Waals surface area (Å²) in [6, 6.07) is 0. The molecule has 0 heterocycles. The maximum Gasteiger partial charge on any atom is 0.307 e. The first-order valence-corrected chi connectivity index (χ1v) is 13.0. The Morgan fingerprint density at radius 1 is 0.500 bits per heavy atom. The summed E-state index contributed by atoms with van der Waals surface area (Å²) in [7, 11) is 1.36. The van der Waals surface area contributed by atoms with E-state index in [1.807, 2.05) is 0 Å². The number of rotatable bonds is 27. The lowest BCUT2D eigenvalue weighted by Crippen LogP contribution is -2.14. The molecule has 0 aliphatic carbocycles. The topological polar surface area (TPSA) is 90.9 Å². The number of methoxy groups -OCH3 is 1. The molecule has 0 bridgehead atoms. The number of esters is 1. The van der Waals surface area contributed by atoms with E-state index in [1.165, 1.54) is 30.8 Å². The molecule has 0 amide bonds. The molecule has 0 N–H and O–H groups in total. The standard InChI is InChI=1S/C22H43IO9/c1-25-22(24)6-9-27-11-13-29-15-17-31-19-21-32-20-18-30-16-14-28-12-10-26-8-5-3-2-4-7-23/h2-21H2,1H3. The third-order valence-electron chi connectivity index (χ3n) is 4.08. The van der Waals surface area contributed by atoms with E-state index in [4.69, 9.17) is 33.2 Å². The minimum atomic E-state index is -0.276. The Morgan fingerprint density at radius 3 is 1.22 bits per heavy atom. The van der Waals surface area contributed by atoms with E-state index in [2.05, 4.69) is 27.3 Å². The number of unbranched alkanes of at least 4 members (excludes halogenated alkanes) is 3. The molecule has 0 radical (unpaired) electrons. The maximum atomic E-state index is 10.9. The van der Waals surface area contributed by atoms with Gasteiger partial charge in [-0.2, -0.15) is 0 Å². The molecule has 0 unspecified atom stereocenters. The van der Waals surface area contributed by atoms with Gasteiger partial charge >= 0.3 is 5.97 Å². The van der Waals surface area contributed by atoms with Crippen molar-refractivity contribution < 1.29 is 42.7 Å². The average Bonchev–Trinajstić information content (AvgIpc) is 2.81. The molecule has 0 aliphatic rings. The predicted molar refractivity (Wildman–Crippen MR) is 130 cm³/mol. The maximum absolute atomic E-state index is 10.9. The average molecular weight is 578 g/mol. The highest BCUT2D eigenvalue weighted by atomic mass is 127. The van der Waals surface area contributed by atoms with Crippen molar-refractivity contribution in [2.75, 3.05) is 104 Å². The second-order valence-electron chi connectivity index (χ2n) is 6.72. The molecule has 0 rings (SSSR count). The quantitative estimate of drug-likeness (QED) is 0.0632. The van der Waals surface area contributed by atoms with Crippen LogP contribution in [-0.4, -0.2) is 110 Å². The Balaban J connectivity index is 3.02. The van der Waals surface area contributed by atoms with Crippen LogP contribution in [0.3, 0.4) is 0 Å². The van der Waals surface area contributed by atoms with Gasteiger partial charge in [0.1, 0.15) is 0 Å². The molecular weight excluding hydrogens is 535 g/mol. The molecule has 0 aliphatic heterocycles. The lowest BCUT2D eigenvalue weighted by Gasteiger charge is -2.08. The van der Waals surface area contributed by atoms with E-state index in [0.717, 1.165) is 13.0 Å². The van der Waals surface area contributed by atoms with Gasteiger partial charge in [-0.3, -0.25) is 4.79 Å². The SMILES string of the molecule is COC(=O)CCOCCOCCOCCOCCOCCOCCOCCCCCCI. The van der Waals surface area contributed by atoms with Gasteiger partial charge in [0.15, 0.2) is 0 Å². The molecule has 32 heavy (non-hydrogen) atoms. The fourth-order valence-corrected chi connectivity index (χ4v) is 2.87. The van der Waals surface area contributed by atoms with Crippen LogP contribution in [0.25, 0.3) is 0 Å². The number of hydrogen-bond donors (Lipinski definition) is 0. The summed E-state index contributed by atoms with van der Waals surface area (Å²) < 4.78 is 43.6. The zero-order valence-electron chi connectivity index (χ0n) is 19.7. The number of alkyl halides is 1. The summed E-state index contributed by atoms with van der Waals surface area (Å²) in [4.78, 5) is 10.9. The molecule has 10 heteroatoms. The highest BCUT2D eigenvalue weighted by molar-refractivity contribution is 14.1. The van der Waals surface area contributed by atoms with Crippen molar-refractivity contribution in [3.8, 4) is 0 Å². The van der Waals surface area contributed by atoms with E-state index in [9.17, 15) is 4.79 Å². The zero-order valence-corrected chi connectivity index (χ0v) is 21.9. The van der Waals surface area contributed by atoms with Crippen molar-refractivity contribution in [2.24, 2.45) is 0 Å². The van der Waals surface area contributed by atoms with Gasteiger partial charge in [0.2, 0.25) is 0 Å². The van der Waals surface area contributed by atoms with Gasteiger partial charge in [-0.15, -0.1) is 0 Å². The molecule has 0 saturated carbocycles. The van der Waals surface area contributed by atoms with Crippen molar-refractivity contribution in [1.82, 2.24) is 0 Å². The summed E-state index contributed by atoms with van der Waals surface area (Å²) in [5.41, 5.74) is 0. The Hall–Kier alpha value is -0.0800. The first-order chi connectivity index (χ1) is 15.8. The summed E-state index contributed by atoms with van der Waals surface area (Å²) in [6.45, 7) is 7.55.